The van der Waals surface area contributed by atoms with Gasteiger partial charge in [-0.05, 0) is 49.2 Å². The summed E-state index contributed by atoms with van der Waals surface area (Å²) in [5.74, 6) is 1.45. The largest absolute Gasteiger partial charge is 0.339 e. The van der Waals surface area contributed by atoms with Gasteiger partial charge < -0.3 is 4.90 Å². The number of aromatic nitrogens is 4. The fraction of sp³-hybridized carbons (Fsp3) is 0.222. The third-order valence-corrected chi connectivity index (χ3v) is 8.66. The minimum absolute atomic E-state index is 0.336. The van der Waals surface area contributed by atoms with Crippen LogP contribution in [0.1, 0.15) is 11.1 Å². The van der Waals surface area contributed by atoms with Crippen LogP contribution in [0.2, 0.25) is 0 Å². The molecule has 0 saturated carbocycles. The van der Waals surface area contributed by atoms with Gasteiger partial charge in [-0.2, -0.15) is 4.31 Å². The number of hydrogen-bond donors (Lipinski definition) is 0. The molecule has 1 aliphatic heterocycles. The van der Waals surface area contributed by atoms with Gasteiger partial charge in [-0.3, -0.25) is 0 Å². The second-order valence-electron chi connectivity index (χ2n) is 9.13. The first kappa shape index (κ1) is 22.6. The molecule has 0 spiro atoms. The topological polar surface area (TPSA) is 83.7 Å². The minimum atomic E-state index is -3.56. The van der Waals surface area contributed by atoms with Crippen LogP contribution in [0.5, 0.6) is 0 Å². The smallest absolute Gasteiger partial charge is 0.243 e. The maximum atomic E-state index is 13.3. The van der Waals surface area contributed by atoms with Crippen LogP contribution in [0.15, 0.2) is 77.7 Å². The van der Waals surface area contributed by atoms with E-state index in [9.17, 15) is 8.42 Å². The van der Waals surface area contributed by atoms with E-state index in [-0.39, 0.29) is 0 Å². The lowest BCUT2D eigenvalue weighted by atomic mass is 10.1. The van der Waals surface area contributed by atoms with E-state index in [0.717, 1.165) is 45.0 Å². The number of rotatable bonds is 4. The summed E-state index contributed by atoms with van der Waals surface area (Å²) in [5, 5.41) is 10.1. The minimum Gasteiger partial charge on any atom is -0.339 e. The quantitative estimate of drug-likeness (QED) is 0.371. The highest BCUT2D eigenvalue weighted by Gasteiger charge is 2.30. The molecule has 0 atom stereocenters. The van der Waals surface area contributed by atoms with Gasteiger partial charge >= 0.3 is 0 Å². The molecule has 1 fully saturated rings. The number of para-hydroxylation sites is 1. The van der Waals surface area contributed by atoms with Crippen LogP contribution in [0.4, 0.5) is 5.95 Å². The van der Waals surface area contributed by atoms with Crippen molar-refractivity contribution in [2.75, 3.05) is 31.1 Å². The van der Waals surface area contributed by atoms with E-state index in [4.69, 9.17) is 4.98 Å². The number of nitrogens with zero attached hydrogens (tertiary/aromatic N) is 6. The first-order valence-electron chi connectivity index (χ1n) is 11.9. The van der Waals surface area contributed by atoms with Crippen molar-refractivity contribution in [2.45, 2.75) is 18.7 Å². The third-order valence-electron chi connectivity index (χ3n) is 6.76. The molecule has 0 N–H and O–H groups in total. The van der Waals surface area contributed by atoms with Gasteiger partial charge in [0.25, 0.3) is 0 Å². The Morgan fingerprint density at radius 3 is 2.33 bits per heavy atom. The molecule has 2 aromatic heterocycles. The molecule has 3 aromatic carbocycles. The van der Waals surface area contributed by atoms with Gasteiger partial charge in [-0.1, -0.05) is 48.5 Å². The monoisotopic (exact) mass is 498 g/mol. The molecule has 5 aromatic rings. The summed E-state index contributed by atoms with van der Waals surface area (Å²) >= 11 is 0. The van der Waals surface area contributed by atoms with Gasteiger partial charge in [-0.25, -0.2) is 17.8 Å². The van der Waals surface area contributed by atoms with Crippen molar-refractivity contribution in [1.82, 2.24) is 23.9 Å². The van der Waals surface area contributed by atoms with Crippen molar-refractivity contribution < 1.29 is 8.42 Å². The summed E-state index contributed by atoms with van der Waals surface area (Å²) in [6.45, 7) is 5.72. The maximum absolute atomic E-state index is 13.3. The van der Waals surface area contributed by atoms with Crippen LogP contribution in [0.25, 0.3) is 27.9 Å². The zero-order chi connectivity index (χ0) is 24.9. The van der Waals surface area contributed by atoms with E-state index < -0.39 is 10.0 Å². The Labute approximate surface area is 209 Å². The molecule has 0 bridgehead atoms. The molecule has 0 aliphatic carbocycles. The van der Waals surface area contributed by atoms with E-state index in [1.807, 2.05) is 59.9 Å². The van der Waals surface area contributed by atoms with E-state index in [0.29, 0.717) is 31.1 Å². The number of piperazine rings is 1. The third kappa shape index (κ3) is 3.71. The fourth-order valence-corrected chi connectivity index (χ4v) is 6.36. The summed E-state index contributed by atoms with van der Waals surface area (Å²) in [5.41, 5.74) is 4.58. The Morgan fingerprint density at radius 2 is 1.56 bits per heavy atom. The summed E-state index contributed by atoms with van der Waals surface area (Å²) < 4.78 is 30.1. The van der Waals surface area contributed by atoms with Gasteiger partial charge in [0.15, 0.2) is 11.5 Å². The van der Waals surface area contributed by atoms with Crippen LogP contribution >= 0.6 is 0 Å². The standard InChI is InChI=1S/C27H26N6O2S/c1-19-8-7-10-21(18-19)36(34,35)32-16-14-31(15-17-32)27-28-24-13-6-5-12-23(24)26-30-29-25(33(26)27)22-11-4-3-9-20(22)2/h3-13,18H,14-17H2,1-2H3. The predicted molar refractivity (Wildman–Crippen MR) is 141 cm³/mol. The fourth-order valence-electron chi connectivity index (χ4n) is 4.83. The average molecular weight is 499 g/mol. The maximum Gasteiger partial charge on any atom is 0.243 e. The highest BCUT2D eigenvalue weighted by atomic mass is 32.2. The van der Waals surface area contributed by atoms with Crippen molar-refractivity contribution in [1.29, 1.82) is 0 Å². The summed E-state index contributed by atoms with van der Waals surface area (Å²) in [4.78, 5) is 7.48. The molecule has 182 valence electrons. The van der Waals surface area contributed by atoms with E-state index in [1.165, 1.54) is 0 Å². The number of sulfonamides is 1. The number of fused-ring (bicyclic) bond motifs is 3. The lowest BCUT2D eigenvalue weighted by Crippen LogP contribution is -2.49. The molecule has 6 rings (SSSR count). The zero-order valence-corrected chi connectivity index (χ0v) is 21.0. The van der Waals surface area contributed by atoms with E-state index >= 15 is 0 Å². The molecular formula is C27H26N6O2S. The Morgan fingerprint density at radius 1 is 0.806 bits per heavy atom. The molecule has 36 heavy (non-hydrogen) atoms. The molecule has 8 nitrogen and oxygen atoms in total. The van der Waals surface area contributed by atoms with Crippen molar-refractivity contribution in [3.8, 4) is 11.4 Å². The Hall–Kier alpha value is -3.82. The Balaban J connectivity index is 1.41. The normalized spacial score (nSPS) is 15.1. The van der Waals surface area contributed by atoms with Gasteiger partial charge in [0.2, 0.25) is 16.0 Å². The van der Waals surface area contributed by atoms with E-state index in [2.05, 4.69) is 28.1 Å². The molecule has 0 radical (unpaired) electrons. The first-order valence-corrected chi connectivity index (χ1v) is 13.4. The van der Waals surface area contributed by atoms with Crippen LogP contribution in [0, 0.1) is 13.8 Å². The number of benzene rings is 3. The molecule has 9 heteroatoms. The number of aryl methyl sites for hydroxylation is 2. The van der Waals surface area contributed by atoms with Gasteiger partial charge in [0.05, 0.1) is 10.4 Å². The summed E-state index contributed by atoms with van der Waals surface area (Å²) in [6, 6.07) is 23.1. The van der Waals surface area contributed by atoms with Crippen LogP contribution in [0.3, 0.4) is 0 Å². The lowest BCUT2D eigenvalue weighted by Gasteiger charge is -2.35. The van der Waals surface area contributed by atoms with Crippen LogP contribution in [-0.2, 0) is 10.0 Å². The lowest BCUT2D eigenvalue weighted by molar-refractivity contribution is 0.382. The van der Waals surface area contributed by atoms with Crippen molar-refractivity contribution in [2.24, 2.45) is 0 Å². The van der Waals surface area contributed by atoms with Crippen molar-refractivity contribution in [3.05, 3.63) is 83.9 Å². The predicted octanol–water partition coefficient (Wildman–Crippen LogP) is 4.07. The molecule has 0 unspecified atom stereocenters. The van der Waals surface area contributed by atoms with Crippen molar-refractivity contribution in [3.63, 3.8) is 0 Å². The zero-order valence-electron chi connectivity index (χ0n) is 20.2. The SMILES string of the molecule is Cc1cccc(S(=O)(=O)N2CCN(c3nc4ccccc4c4nnc(-c5ccccc5C)n34)CC2)c1. The first-order chi connectivity index (χ1) is 17.4. The molecule has 1 saturated heterocycles. The highest BCUT2D eigenvalue weighted by molar-refractivity contribution is 7.89. The van der Waals surface area contributed by atoms with Crippen LogP contribution in [-0.4, -0.2) is 58.5 Å². The second kappa shape index (κ2) is 8.69. The van der Waals surface area contributed by atoms with Gasteiger partial charge in [0.1, 0.15) is 0 Å². The Bertz CT molecular complexity index is 1700. The van der Waals surface area contributed by atoms with Crippen LogP contribution < -0.4 is 4.90 Å². The summed E-state index contributed by atoms with van der Waals surface area (Å²) in [6.07, 6.45) is 0. The van der Waals surface area contributed by atoms with Gasteiger partial charge in [0, 0.05) is 37.1 Å². The molecular weight excluding hydrogens is 472 g/mol. The highest BCUT2D eigenvalue weighted by Crippen LogP contribution is 2.30. The molecule has 3 heterocycles. The summed E-state index contributed by atoms with van der Waals surface area (Å²) in [7, 11) is -3.56. The number of anilines is 1. The molecule has 0 amide bonds. The van der Waals surface area contributed by atoms with E-state index in [1.54, 1.807) is 22.5 Å². The Kier molecular flexibility index (Phi) is 5.46. The van der Waals surface area contributed by atoms with Crippen molar-refractivity contribution >= 4 is 32.5 Å². The van der Waals surface area contributed by atoms with Gasteiger partial charge in [-0.15, -0.1) is 10.2 Å². The average Bonchev–Trinajstić information content (AvgIpc) is 3.34. The number of hydrogen-bond acceptors (Lipinski definition) is 6. The second-order valence-corrected chi connectivity index (χ2v) is 11.1. The molecule has 1 aliphatic rings.